The van der Waals surface area contributed by atoms with Crippen LogP contribution in [0.3, 0.4) is 0 Å². The zero-order valence-electron chi connectivity index (χ0n) is 12.7. The van der Waals surface area contributed by atoms with Crippen molar-refractivity contribution in [3.8, 4) is 11.5 Å². The van der Waals surface area contributed by atoms with Gasteiger partial charge in [0.2, 0.25) is 0 Å². The number of benzene rings is 1. The maximum Gasteiger partial charge on any atom is 0.305 e. The quantitative estimate of drug-likeness (QED) is 0.803. The molecule has 1 aromatic carbocycles. The number of methoxy groups -OCH3 is 2. The lowest BCUT2D eigenvalue weighted by molar-refractivity contribution is -0.137. The van der Waals surface area contributed by atoms with E-state index >= 15 is 0 Å². The van der Waals surface area contributed by atoms with Crippen LogP contribution in [0.1, 0.15) is 30.6 Å². The molecule has 0 aliphatic heterocycles. The average Bonchev–Trinajstić information content (AvgIpc) is 2.45. The van der Waals surface area contributed by atoms with Crippen molar-refractivity contribution in [2.24, 2.45) is 5.92 Å². The minimum absolute atomic E-state index is 0.0116. The second-order valence-electron chi connectivity index (χ2n) is 5.02. The van der Waals surface area contributed by atoms with Crippen molar-refractivity contribution >= 4 is 11.9 Å². The summed E-state index contributed by atoms with van der Waals surface area (Å²) in [6.45, 7) is 3.72. The molecule has 0 radical (unpaired) electrons. The van der Waals surface area contributed by atoms with E-state index < -0.39 is 12.0 Å². The lowest BCUT2D eigenvalue weighted by Crippen LogP contribution is -2.40. The Kier molecular flexibility index (Phi) is 6.02. The smallest absolute Gasteiger partial charge is 0.305 e. The van der Waals surface area contributed by atoms with Crippen LogP contribution in [-0.2, 0) is 4.79 Å². The second-order valence-corrected chi connectivity index (χ2v) is 5.02. The Morgan fingerprint density at radius 1 is 1.14 bits per heavy atom. The highest BCUT2D eigenvalue weighted by Gasteiger charge is 2.20. The Balaban J connectivity index is 2.93. The molecule has 0 saturated heterocycles. The maximum atomic E-state index is 12.3. The number of amides is 1. The number of ether oxygens (including phenoxy) is 2. The lowest BCUT2D eigenvalue weighted by atomic mass is 10.0. The van der Waals surface area contributed by atoms with Crippen LogP contribution in [0.4, 0.5) is 0 Å². The summed E-state index contributed by atoms with van der Waals surface area (Å²) < 4.78 is 10.2. The van der Waals surface area contributed by atoms with Crippen LogP contribution in [0.2, 0.25) is 0 Å². The second kappa shape index (κ2) is 7.52. The van der Waals surface area contributed by atoms with Crippen molar-refractivity contribution in [2.75, 3.05) is 14.2 Å². The largest absolute Gasteiger partial charge is 0.497 e. The fourth-order valence-corrected chi connectivity index (χ4v) is 1.83. The molecule has 6 nitrogen and oxygen atoms in total. The third kappa shape index (κ3) is 4.98. The van der Waals surface area contributed by atoms with Gasteiger partial charge in [0, 0.05) is 17.7 Å². The van der Waals surface area contributed by atoms with Gasteiger partial charge in [-0.3, -0.25) is 9.59 Å². The van der Waals surface area contributed by atoms with Crippen LogP contribution in [0.5, 0.6) is 11.5 Å². The minimum Gasteiger partial charge on any atom is -0.497 e. The summed E-state index contributed by atoms with van der Waals surface area (Å²) in [5.41, 5.74) is 0.363. The molecule has 0 aliphatic rings. The van der Waals surface area contributed by atoms with Gasteiger partial charge in [0.25, 0.3) is 5.91 Å². The zero-order chi connectivity index (χ0) is 16.0. The first-order chi connectivity index (χ1) is 9.87. The van der Waals surface area contributed by atoms with Crippen molar-refractivity contribution in [2.45, 2.75) is 26.3 Å². The predicted octanol–water partition coefficient (Wildman–Crippen LogP) is 1.93. The van der Waals surface area contributed by atoms with E-state index in [1.54, 1.807) is 18.2 Å². The van der Waals surface area contributed by atoms with Crippen LogP contribution in [0, 0.1) is 5.92 Å². The maximum absolute atomic E-state index is 12.3. The number of carboxylic acid groups (broad SMARTS) is 1. The van der Waals surface area contributed by atoms with E-state index in [1.807, 2.05) is 13.8 Å². The molecule has 2 N–H and O–H groups in total. The standard InChI is InChI=1S/C15H21NO5/c1-9(2)13(8-14(17)18)16-15(19)10-5-11(20-3)7-12(6-10)21-4/h5-7,9,13H,8H2,1-4H3,(H,16,19)(H,17,18). The van der Waals surface area contributed by atoms with E-state index in [0.717, 1.165) is 0 Å². The molecule has 0 aliphatic carbocycles. The third-order valence-electron chi connectivity index (χ3n) is 3.13. The zero-order valence-corrected chi connectivity index (χ0v) is 12.7. The Morgan fingerprint density at radius 3 is 2.05 bits per heavy atom. The molecule has 0 aromatic heterocycles. The van der Waals surface area contributed by atoms with Crippen molar-refractivity contribution in [3.63, 3.8) is 0 Å². The Labute approximate surface area is 124 Å². The average molecular weight is 295 g/mol. The first kappa shape index (κ1) is 16.8. The van der Waals surface area contributed by atoms with Crippen LogP contribution in [0.25, 0.3) is 0 Å². The summed E-state index contributed by atoms with van der Waals surface area (Å²) >= 11 is 0. The van der Waals surface area contributed by atoms with Crippen molar-refractivity contribution in [1.29, 1.82) is 0 Å². The number of hydrogen-bond acceptors (Lipinski definition) is 4. The van der Waals surface area contributed by atoms with Crippen molar-refractivity contribution in [1.82, 2.24) is 5.32 Å². The molecule has 0 fully saturated rings. The number of carboxylic acids is 1. The molecule has 116 valence electrons. The molecule has 0 heterocycles. The van der Waals surface area contributed by atoms with Gasteiger partial charge in [-0.05, 0) is 18.1 Å². The summed E-state index contributed by atoms with van der Waals surface area (Å²) in [5, 5.41) is 11.6. The van der Waals surface area contributed by atoms with Gasteiger partial charge in [-0.1, -0.05) is 13.8 Å². The Hall–Kier alpha value is -2.24. The third-order valence-corrected chi connectivity index (χ3v) is 3.13. The summed E-state index contributed by atoms with van der Waals surface area (Å²) in [7, 11) is 3.00. The van der Waals surface area contributed by atoms with E-state index in [2.05, 4.69) is 5.32 Å². The molecule has 0 saturated carbocycles. The first-order valence-electron chi connectivity index (χ1n) is 6.63. The predicted molar refractivity (Wildman–Crippen MR) is 77.9 cm³/mol. The number of hydrogen-bond donors (Lipinski definition) is 2. The number of rotatable bonds is 7. The topological polar surface area (TPSA) is 84.9 Å². The highest BCUT2D eigenvalue weighted by molar-refractivity contribution is 5.95. The van der Waals surface area contributed by atoms with Crippen molar-refractivity contribution in [3.05, 3.63) is 23.8 Å². The van der Waals surface area contributed by atoms with Gasteiger partial charge in [0.05, 0.1) is 20.6 Å². The van der Waals surface area contributed by atoms with E-state index in [9.17, 15) is 9.59 Å². The fourth-order valence-electron chi connectivity index (χ4n) is 1.83. The molecular formula is C15H21NO5. The van der Waals surface area contributed by atoms with Crippen LogP contribution < -0.4 is 14.8 Å². The number of aliphatic carboxylic acids is 1. The number of nitrogens with one attached hydrogen (secondary N) is 1. The van der Waals surface area contributed by atoms with Crippen LogP contribution >= 0.6 is 0 Å². The molecular weight excluding hydrogens is 274 g/mol. The van der Waals surface area contributed by atoms with E-state index in [0.29, 0.717) is 17.1 Å². The highest BCUT2D eigenvalue weighted by Crippen LogP contribution is 2.22. The van der Waals surface area contributed by atoms with Gasteiger partial charge in [0.15, 0.2) is 0 Å². The van der Waals surface area contributed by atoms with Gasteiger partial charge in [0.1, 0.15) is 11.5 Å². The Bertz CT molecular complexity index is 491. The molecule has 21 heavy (non-hydrogen) atoms. The highest BCUT2D eigenvalue weighted by atomic mass is 16.5. The lowest BCUT2D eigenvalue weighted by Gasteiger charge is -2.21. The SMILES string of the molecule is COc1cc(OC)cc(C(=O)NC(CC(=O)O)C(C)C)c1. The molecule has 1 aromatic rings. The van der Waals surface area contributed by atoms with Crippen molar-refractivity contribution < 1.29 is 24.2 Å². The summed E-state index contributed by atoms with van der Waals surface area (Å²) in [6, 6.07) is 4.38. The van der Waals surface area contributed by atoms with Gasteiger partial charge in [-0.2, -0.15) is 0 Å². The molecule has 1 atom stereocenters. The van der Waals surface area contributed by atoms with Gasteiger partial charge in [-0.15, -0.1) is 0 Å². The Morgan fingerprint density at radius 2 is 1.67 bits per heavy atom. The number of carbonyl (C=O) groups excluding carboxylic acids is 1. The molecule has 0 bridgehead atoms. The van der Waals surface area contributed by atoms with Crippen LogP contribution in [0.15, 0.2) is 18.2 Å². The van der Waals surface area contributed by atoms with Crippen LogP contribution in [-0.4, -0.2) is 37.2 Å². The summed E-state index contributed by atoms with van der Waals surface area (Å²) in [4.78, 5) is 23.1. The molecule has 1 unspecified atom stereocenters. The summed E-state index contributed by atoms with van der Waals surface area (Å²) in [5.74, 6) is -0.292. The number of carbonyl (C=O) groups is 2. The molecule has 1 amide bonds. The monoisotopic (exact) mass is 295 g/mol. The summed E-state index contributed by atoms with van der Waals surface area (Å²) in [6.07, 6.45) is -0.121. The van der Waals surface area contributed by atoms with E-state index in [1.165, 1.54) is 14.2 Å². The van der Waals surface area contributed by atoms with Gasteiger partial charge >= 0.3 is 5.97 Å². The molecule has 1 rings (SSSR count). The van der Waals surface area contributed by atoms with Gasteiger partial charge in [-0.25, -0.2) is 0 Å². The first-order valence-corrected chi connectivity index (χ1v) is 6.63. The fraction of sp³-hybridized carbons (Fsp3) is 0.467. The molecule has 6 heteroatoms. The van der Waals surface area contributed by atoms with E-state index in [-0.39, 0.29) is 18.2 Å². The minimum atomic E-state index is -0.947. The molecule has 0 spiro atoms. The van der Waals surface area contributed by atoms with Gasteiger partial charge < -0.3 is 19.9 Å². The normalized spacial score (nSPS) is 11.9. The van der Waals surface area contributed by atoms with E-state index in [4.69, 9.17) is 14.6 Å².